The minimum atomic E-state index is -0.634. The van der Waals surface area contributed by atoms with Crippen LogP contribution in [0.25, 0.3) is 33.5 Å². The summed E-state index contributed by atoms with van der Waals surface area (Å²) in [5, 5.41) is 20.6. The molecule has 0 unspecified atom stereocenters. The standard InChI is InChI=1S/C32H21BrClN5O6/c1-18-6-2-4-8-24(18)36-29(40)17-44-30-20(12-21(33)15-26(30)39(42)43)16-35-38-31(37-25-9-5-3-7-23(25)32(38)41)28-14-19-13-22(34)10-11-27(19)45-28/h2-16H,17H2,1H3,(H,36,40). The molecule has 11 nitrogen and oxygen atoms in total. The number of hydrogen-bond acceptors (Lipinski definition) is 8. The topological polar surface area (TPSA) is 142 Å². The van der Waals surface area contributed by atoms with E-state index < -0.39 is 28.7 Å². The highest BCUT2D eigenvalue weighted by atomic mass is 79.9. The van der Waals surface area contributed by atoms with Crippen LogP contribution in [0.4, 0.5) is 11.4 Å². The second-order valence-corrected chi connectivity index (χ2v) is 11.2. The minimum Gasteiger partial charge on any atom is -0.476 e. The number of benzene rings is 4. The van der Waals surface area contributed by atoms with Crippen LogP contribution in [0.5, 0.6) is 5.75 Å². The van der Waals surface area contributed by atoms with Crippen LogP contribution >= 0.6 is 27.5 Å². The van der Waals surface area contributed by atoms with Gasteiger partial charge in [0, 0.05) is 32.2 Å². The van der Waals surface area contributed by atoms with Crippen LogP contribution in [0.1, 0.15) is 11.1 Å². The van der Waals surface area contributed by atoms with Crippen LogP contribution in [-0.4, -0.2) is 33.3 Å². The van der Waals surface area contributed by atoms with Crippen molar-refractivity contribution in [3.05, 3.63) is 126 Å². The van der Waals surface area contributed by atoms with Crippen molar-refractivity contribution in [3.63, 3.8) is 0 Å². The summed E-state index contributed by atoms with van der Waals surface area (Å²) in [6.45, 7) is 1.31. The van der Waals surface area contributed by atoms with E-state index in [1.54, 1.807) is 60.7 Å². The number of aryl methyl sites for hydroxylation is 1. The van der Waals surface area contributed by atoms with Gasteiger partial charge in [-0.25, -0.2) is 4.98 Å². The Hall–Kier alpha value is -5.33. The molecule has 45 heavy (non-hydrogen) atoms. The van der Waals surface area contributed by atoms with Crippen molar-refractivity contribution in [2.75, 3.05) is 11.9 Å². The van der Waals surface area contributed by atoms with E-state index in [-0.39, 0.29) is 22.9 Å². The van der Waals surface area contributed by atoms with E-state index in [4.69, 9.17) is 20.8 Å². The molecule has 0 fully saturated rings. The molecule has 6 rings (SSSR count). The van der Waals surface area contributed by atoms with Crippen LogP contribution in [0.3, 0.4) is 0 Å². The smallest absolute Gasteiger partial charge is 0.312 e. The summed E-state index contributed by atoms with van der Waals surface area (Å²) in [7, 11) is 0. The third-order valence-electron chi connectivity index (χ3n) is 6.79. The highest BCUT2D eigenvalue weighted by Crippen LogP contribution is 2.34. The van der Waals surface area contributed by atoms with Crippen LogP contribution < -0.4 is 15.6 Å². The van der Waals surface area contributed by atoms with Gasteiger partial charge in [-0.2, -0.15) is 9.78 Å². The number of nitro groups is 1. The van der Waals surface area contributed by atoms with Crippen LogP contribution in [0.15, 0.2) is 104 Å². The number of para-hydroxylation sites is 2. The van der Waals surface area contributed by atoms with Gasteiger partial charge in [0.25, 0.3) is 11.5 Å². The lowest BCUT2D eigenvalue weighted by Gasteiger charge is -2.12. The predicted octanol–water partition coefficient (Wildman–Crippen LogP) is 7.34. The molecule has 0 aliphatic heterocycles. The van der Waals surface area contributed by atoms with E-state index in [0.29, 0.717) is 37.1 Å². The van der Waals surface area contributed by atoms with E-state index in [9.17, 15) is 19.7 Å². The number of ether oxygens (including phenoxy) is 1. The summed E-state index contributed by atoms with van der Waals surface area (Å²) in [4.78, 5) is 42.4. The number of carbonyl (C=O) groups is 1. The van der Waals surface area contributed by atoms with Gasteiger partial charge in [0.05, 0.1) is 22.0 Å². The molecular weight excluding hydrogens is 666 g/mol. The third-order valence-corrected chi connectivity index (χ3v) is 7.48. The number of nitro benzene ring substituents is 1. The first-order valence-electron chi connectivity index (χ1n) is 13.4. The van der Waals surface area contributed by atoms with Crippen molar-refractivity contribution in [3.8, 4) is 17.3 Å². The van der Waals surface area contributed by atoms with Crippen molar-refractivity contribution in [2.24, 2.45) is 5.10 Å². The summed E-state index contributed by atoms with van der Waals surface area (Å²) >= 11 is 9.45. The van der Waals surface area contributed by atoms with Gasteiger partial charge in [-0.15, -0.1) is 0 Å². The summed E-state index contributed by atoms with van der Waals surface area (Å²) < 4.78 is 13.1. The predicted molar refractivity (Wildman–Crippen MR) is 175 cm³/mol. The summed E-state index contributed by atoms with van der Waals surface area (Å²) in [5.41, 5.74) is 1.58. The Morgan fingerprint density at radius 2 is 1.91 bits per heavy atom. The largest absolute Gasteiger partial charge is 0.476 e. The van der Waals surface area contributed by atoms with E-state index >= 15 is 0 Å². The van der Waals surface area contributed by atoms with Crippen molar-refractivity contribution in [1.29, 1.82) is 0 Å². The number of hydrogen-bond donors (Lipinski definition) is 1. The molecule has 0 saturated carbocycles. The zero-order valence-corrected chi connectivity index (χ0v) is 25.7. The third kappa shape index (κ3) is 6.19. The van der Waals surface area contributed by atoms with Crippen molar-refractivity contribution >= 4 is 72.9 Å². The fourth-order valence-corrected chi connectivity index (χ4v) is 5.30. The number of nitrogens with zero attached hydrogens (tertiary/aromatic N) is 4. The first-order valence-corrected chi connectivity index (χ1v) is 14.6. The molecule has 224 valence electrons. The summed E-state index contributed by atoms with van der Waals surface area (Å²) in [5.74, 6) is -0.399. The zero-order valence-electron chi connectivity index (χ0n) is 23.4. The van der Waals surface area contributed by atoms with Gasteiger partial charge >= 0.3 is 5.69 Å². The Balaban J connectivity index is 1.42. The lowest BCUT2D eigenvalue weighted by atomic mass is 10.2. The zero-order chi connectivity index (χ0) is 31.7. The molecule has 0 bridgehead atoms. The van der Waals surface area contributed by atoms with Crippen LogP contribution in [0.2, 0.25) is 5.02 Å². The molecule has 0 aliphatic carbocycles. The maximum Gasteiger partial charge on any atom is 0.312 e. The van der Waals surface area contributed by atoms with Crippen molar-refractivity contribution in [2.45, 2.75) is 6.92 Å². The molecule has 0 aliphatic rings. The Morgan fingerprint density at radius 1 is 1.13 bits per heavy atom. The van der Waals surface area contributed by atoms with Gasteiger partial charge < -0.3 is 14.5 Å². The van der Waals surface area contributed by atoms with Gasteiger partial charge in [-0.1, -0.05) is 57.9 Å². The van der Waals surface area contributed by atoms with Crippen molar-refractivity contribution < 1.29 is 18.9 Å². The van der Waals surface area contributed by atoms with E-state index in [0.717, 1.165) is 10.2 Å². The molecule has 1 amide bonds. The second kappa shape index (κ2) is 12.3. The average molecular weight is 687 g/mol. The van der Waals surface area contributed by atoms with Gasteiger partial charge in [0.1, 0.15) is 5.58 Å². The van der Waals surface area contributed by atoms with Crippen molar-refractivity contribution in [1.82, 2.24) is 9.66 Å². The number of aromatic nitrogens is 2. The highest BCUT2D eigenvalue weighted by Gasteiger charge is 2.22. The Bertz CT molecular complexity index is 2230. The Labute approximate surface area is 268 Å². The number of amides is 1. The quantitative estimate of drug-likeness (QED) is 0.100. The lowest BCUT2D eigenvalue weighted by Crippen LogP contribution is -2.22. The minimum absolute atomic E-state index is 0.0897. The SMILES string of the molecule is Cc1ccccc1NC(=O)COc1c(C=Nn2c(-c3cc4cc(Cl)ccc4o3)nc3ccccc3c2=O)cc(Br)cc1[N+](=O)[O-]. The second-order valence-electron chi connectivity index (χ2n) is 9.86. The monoisotopic (exact) mass is 685 g/mol. The van der Waals surface area contributed by atoms with Gasteiger partial charge in [0.15, 0.2) is 12.4 Å². The normalized spacial score (nSPS) is 11.4. The summed E-state index contributed by atoms with van der Waals surface area (Å²) in [6.07, 6.45) is 1.23. The molecule has 0 saturated heterocycles. The number of rotatable bonds is 8. The Morgan fingerprint density at radius 3 is 2.71 bits per heavy atom. The van der Waals surface area contributed by atoms with E-state index in [1.807, 2.05) is 19.1 Å². The molecule has 1 N–H and O–H groups in total. The first-order chi connectivity index (χ1) is 21.7. The molecule has 2 heterocycles. The van der Waals surface area contributed by atoms with E-state index in [1.165, 1.54) is 18.3 Å². The molecule has 2 aromatic heterocycles. The molecule has 0 spiro atoms. The van der Waals surface area contributed by atoms with Gasteiger partial charge in [-0.3, -0.25) is 19.7 Å². The number of halogens is 2. The van der Waals surface area contributed by atoms with E-state index in [2.05, 4.69) is 31.3 Å². The maximum absolute atomic E-state index is 13.7. The number of fused-ring (bicyclic) bond motifs is 2. The van der Waals surface area contributed by atoms with Gasteiger partial charge in [-0.05, 0) is 61.0 Å². The van der Waals surface area contributed by atoms with Gasteiger partial charge in [0.2, 0.25) is 11.6 Å². The fourth-order valence-electron chi connectivity index (χ4n) is 4.66. The number of anilines is 1. The highest BCUT2D eigenvalue weighted by molar-refractivity contribution is 9.10. The summed E-state index contributed by atoms with van der Waals surface area (Å²) in [6, 6.07) is 23.5. The maximum atomic E-state index is 13.7. The number of carbonyl (C=O) groups excluding carboxylic acids is 1. The molecule has 4 aromatic carbocycles. The average Bonchev–Trinajstić information content (AvgIpc) is 3.44. The number of furan rings is 1. The van der Waals surface area contributed by atoms with Crippen LogP contribution in [-0.2, 0) is 4.79 Å². The molecule has 0 radical (unpaired) electrons. The molecular formula is C32H21BrClN5O6. The lowest BCUT2D eigenvalue weighted by molar-refractivity contribution is -0.385. The van der Waals surface area contributed by atoms with Crippen LogP contribution in [0, 0.1) is 17.0 Å². The molecule has 0 atom stereocenters. The number of nitrogens with one attached hydrogen (secondary N) is 1. The molecule has 13 heteroatoms. The molecule has 6 aromatic rings. The fraction of sp³-hybridized carbons (Fsp3) is 0.0625. The first kappa shape index (κ1) is 29.7. The Kier molecular flexibility index (Phi) is 8.16.